The highest BCUT2D eigenvalue weighted by molar-refractivity contribution is 5.67. The van der Waals surface area contributed by atoms with Crippen molar-refractivity contribution in [3.05, 3.63) is 84.2 Å². The zero-order valence-electron chi connectivity index (χ0n) is 15.2. The van der Waals surface area contributed by atoms with E-state index in [0.717, 1.165) is 28.1 Å². The van der Waals surface area contributed by atoms with Gasteiger partial charge in [0.15, 0.2) is 11.4 Å². The van der Waals surface area contributed by atoms with Crippen LogP contribution in [-0.2, 0) is 16.2 Å². The molecule has 0 bridgehead atoms. The third kappa shape index (κ3) is 4.26. The number of pyridine rings is 1. The lowest BCUT2D eigenvalue weighted by Gasteiger charge is -2.10. The fraction of sp³-hybridized carbons (Fsp3) is 0.0909. The lowest BCUT2D eigenvalue weighted by molar-refractivity contribution is -0.191. The normalized spacial score (nSPS) is 10.0. The largest absolute Gasteiger partial charge is 0.504 e. The van der Waals surface area contributed by atoms with Crippen LogP contribution in [-0.4, -0.2) is 20.6 Å². The molecule has 0 aliphatic carbocycles. The molecule has 0 atom stereocenters. The molecular weight excluding hydrogens is 356 g/mol. The molecule has 2 aromatic heterocycles. The second kappa shape index (κ2) is 8.66. The first-order chi connectivity index (χ1) is 13.6. The third-order valence-corrected chi connectivity index (χ3v) is 4.17. The van der Waals surface area contributed by atoms with Crippen LogP contribution in [0.2, 0.25) is 0 Å². The SMILES string of the molecule is Cc1cc(-c2cn3cccc(O)c3n2)ccc1OCc1ccccc1.O=C=O. The molecule has 0 aliphatic heterocycles. The quantitative estimate of drug-likeness (QED) is 0.584. The molecule has 4 rings (SSSR count). The van der Waals surface area contributed by atoms with Gasteiger partial charge in [0.1, 0.15) is 12.4 Å². The van der Waals surface area contributed by atoms with Crippen molar-refractivity contribution in [2.75, 3.05) is 0 Å². The minimum Gasteiger partial charge on any atom is -0.504 e. The molecule has 0 radical (unpaired) electrons. The summed E-state index contributed by atoms with van der Waals surface area (Å²) in [6, 6.07) is 19.6. The van der Waals surface area contributed by atoms with E-state index in [0.29, 0.717) is 12.3 Å². The number of aromatic nitrogens is 2. The van der Waals surface area contributed by atoms with E-state index in [-0.39, 0.29) is 11.9 Å². The number of carbonyl (C=O) groups excluding carboxylic acids is 2. The standard InChI is InChI=1S/C21H18N2O2.CO2/c1-15-12-17(18-13-23-11-5-8-19(24)21(23)22-18)9-10-20(15)25-14-16-6-3-2-4-7-16;2-1-3/h2-13,24H,14H2,1H3;. The fourth-order valence-electron chi connectivity index (χ4n) is 2.84. The van der Waals surface area contributed by atoms with E-state index in [1.165, 1.54) is 0 Å². The minimum atomic E-state index is 0.174. The minimum absolute atomic E-state index is 0.174. The van der Waals surface area contributed by atoms with Gasteiger partial charge < -0.3 is 14.2 Å². The van der Waals surface area contributed by atoms with E-state index in [2.05, 4.69) is 11.1 Å². The Morgan fingerprint density at radius 1 is 1.07 bits per heavy atom. The first-order valence-electron chi connectivity index (χ1n) is 8.56. The van der Waals surface area contributed by atoms with Gasteiger partial charge in [0.25, 0.3) is 0 Å². The van der Waals surface area contributed by atoms with E-state index >= 15 is 0 Å². The number of ether oxygens (including phenoxy) is 1. The van der Waals surface area contributed by atoms with Gasteiger partial charge in [-0.15, -0.1) is 0 Å². The van der Waals surface area contributed by atoms with Gasteiger partial charge in [0.2, 0.25) is 0 Å². The maximum absolute atomic E-state index is 9.91. The first kappa shape index (κ1) is 18.9. The van der Waals surface area contributed by atoms with Gasteiger partial charge in [-0.2, -0.15) is 9.59 Å². The fourth-order valence-corrected chi connectivity index (χ4v) is 2.84. The Labute approximate surface area is 161 Å². The molecule has 0 spiro atoms. The van der Waals surface area contributed by atoms with Crippen molar-refractivity contribution in [3.8, 4) is 22.8 Å². The Balaban J connectivity index is 0.000000706. The number of hydrogen-bond acceptors (Lipinski definition) is 5. The van der Waals surface area contributed by atoms with Crippen LogP contribution in [0, 0.1) is 6.92 Å². The molecule has 2 heterocycles. The van der Waals surface area contributed by atoms with Gasteiger partial charge in [0.05, 0.1) is 5.69 Å². The molecule has 2 aromatic carbocycles. The molecule has 6 heteroatoms. The summed E-state index contributed by atoms with van der Waals surface area (Å²) in [5.41, 5.74) is 4.56. The van der Waals surface area contributed by atoms with Crippen LogP contribution < -0.4 is 4.74 Å². The van der Waals surface area contributed by atoms with Crippen LogP contribution in [0.4, 0.5) is 0 Å². The van der Waals surface area contributed by atoms with Crippen molar-refractivity contribution in [2.45, 2.75) is 13.5 Å². The molecule has 0 saturated heterocycles. The number of aryl methyl sites for hydroxylation is 1. The summed E-state index contributed by atoms with van der Waals surface area (Å²) in [5, 5.41) is 9.91. The average Bonchev–Trinajstić information content (AvgIpc) is 3.14. The number of benzene rings is 2. The molecule has 0 amide bonds. The first-order valence-corrected chi connectivity index (χ1v) is 8.56. The highest BCUT2D eigenvalue weighted by atomic mass is 16.5. The van der Waals surface area contributed by atoms with Gasteiger partial charge in [-0.3, -0.25) is 0 Å². The van der Waals surface area contributed by atoms with Crippen LogP contribution in [0.15, 0.2) is 73.1 Å². The molecule has 1 N–H and O–H groups in total. The predicted octanol–water partition coefficient (Wildman–Crippen LogP) is 4.01. The molecule has 140 valence electrons. The third-order valence-electron chi connectivity index (χ3n) is 4.17. The average molecular weight is 374 g/mol. The molecule has 0 unspecified atom stereocenters. The topological polar surface area (TPSA) is 80.9 Å². The summed E-state index contributed by atoms with van der Waals surface area (Å²) < 4.78 is 7.75. The summed E-state index contributed by atoms with van der Waals surface area (Å²) >= 11 is 0. The van der Waals surface area contributed by atoms with Crippen molar-refractivity contribution >= 4 is 11.8 Å². The molecule has 0 fully saturated rings. The van der Waals surface area contributed by atoms with Gasteiger partial charge in [-0.1, -0.05) is 30.3 Å². The number of fused-ring (bicyclic) bond motifs is 1. The van der Waals surface area contributed by atoms with Gasteiger partial charge in [-0.25, -0.2) is 4.98 Å². The summed E-state index contributed by atoms with van der Waals surface area (Å²) in [5.74, 6) is 1.03. The highest BCUT2D eigenvalue weighted by Gasteiger charge is 2.09. The molecule has 4 aromatic rings. The Hall–Kier alpha value is -3.89. The molecule has 0 aliphatic rings. The maximum atomic E-state index is 9.91. The van der Waals surface area contributed by atoms with E-state index in [9.17, 15) is 5.11 Å². The van der Waals surface area contributed by atoms with E-state index in [1.54, 1.807) is 12.1 Å². The number of aromatic hydroxyl groups is 1. The number of rotatable bonds is 4. The Kier molecular flexibility index (Phi) is 5.84. The van der Waals surface area contributed by atoms with Gasteiger partial charge in [0, 0.05) is 18.0 Å². The Bertz CT molecular complexity index is 1110. The second-order valence-corrected chi connectivity index (χ2v) is 6.09. The Morgan fingerprint density at radius 2 is 1.82 bits per heavy atom. The van der Waals surface area contributed by atoms with Crippen LogP contribution in [0.3, 0.4) is 0 Å². The molecule has 28 heavy (non-hydrogen) atoms. The highest BCUT2D eigenvalue weighted by Crippen LogP contribution is 2.28. The van der Waals surface area contributed by atoms with Crippen molar-refractivity contribution in [1.82, 2.24) is 9.38 Å². The van der Waals surface area contributed by atoms with Gasteiger partial charge >= 0.3 is 6.15 Å². The molecular formula is C22H18N2O4. The number of hydrogen-bond donors (Lipinski definition) is 1. The molecule has 0 saturated carbocycles. The smallest absolute Gasteiger partial charge is 0.373 e. The van der Waals surface area contributed by atoms with Crippen LogP contribution in [0.5, 0.6) is 11.5 Å². The lowest BCUT2D eigenvalue weighted by Crippen LogP contribution is -1.96. The second-order valence-electron chi connectivity index (χ2n) is 6.09. The Morgan fingerprint density at radius 3 is 2.50 bits per heavy atom. The number of imidazole rings is 1. The predicted molar refractivity (Wildman–Crippen MR) is 103 cm³/mol. The zero-order chi connectivity index (χ0) is 19.9. The van der Waals surface area contributed by atoms with E-state index in [4.69, 9.17) is 14.3 Å². The van der Waals surface area contributed by atoms with E-state index in [1.807, 2.05) is 66.2 Å². The lowest BCUT2D eigenvalue weighted by atomic mass is 10.1. The monoisotopic (exact) mass is 374 g/mol. The van der Waals surface area contributed by atoms with Crippen LogP contribution >= 0.6 is 0 Å². The van der Waals surface area contributed by atoms with Crippen molar-refractivity contribution in [2.24, 2.45) is 0 Å². The summed E-state index contributed by atoms with van der Waals surface area (Å²) in [6.45, 7) is 2.57. The zero-order valence-corrected chi connectivity index (χ0v) is 15.2. The van der Waals surface area contributed by atoms with Crippen LogP contribution in [0.25, 0.3) is 16.9 Å². The van der Waals surface area contributed by atoms with E-state index < -0.39 is 0 Å². The van der Waals surface area contributed by atoms with Crippen molar-refractivity contribution in [1.29, 1.82) is 0 Å². The summed E-state index contributed by atoms with van der Waals surface area (Å²) in [6.07, 6.45) is 4.03. The van der Waals surface area contributed by atoms with Crippen molar-refractivity contribution in [3.63, 3.8) is 0 Å². The molecule has 6 nitrogen and oxygen atoms in total. The maximum Gasteiger partial charge on any atom is 0.373 e. The number of nitrogens with zero attached hydrogens (tertiary/aromatic N) is 2. The van der Waals surface area contributed by atoms with Crippen molar-refractivity contribution < 1.29 is 19.4 Å². The van der Waals surface area contributed by atoms with Gasteiger partial charge in [-0.05, 0) is 48.4 Å². The summed E-state index contributed by atoms with van der Waals surface area (Å²) in [7, 11) is 0. The summed E-state index contributed by atoms with van der Waals surface area (Å²) in [4.78, 5) is 20.8. The van der Waals surface area contributed by atoms with Crippen LogP contribution in [0.1, 0.15) is 11.1 Å².